The molecule has 0 bridgehead atoms. The number of hydrogen-bond acceptors (Lipinski definition) is 3. The Bertz CT molecular complexity index is 515. The molecule has 1 saturated carbocycles. The molecule has 102 valence electrons. The van der Waals surface area contributed by atoms with Crippen LogP contribution in [0.3, 0.4) is 0 Å². The third kappa shape index (κ3) is 3.21. The van der Waals surface area contributed by atoms with E-state index in [-0.39, 0.29) is 17.8 Å². The van der Waals surface area contributed by atoms with Crippen LogP contribution < -0.4 is 10.6 Å². The SMILES string of the molecule is NC(=O)c1c(F)cccc1N(CC(=O)O)CC1CC1. The van der Waals surface area contributed by atoms with Gasteiger partial charge in [-0.3, -0.25) is 9.59 Å². The first-order chi connectivity index (χ1) is 8.99. The highest BCUT2D eigenvalue weighted by Gasteiger charge is 2.28. The lowest BCUT2D eigenvalue weighted by Crippen LogP contribution is -2.33. The van der Waals surface area contributed by atoms with Crippen LogP contribution in [0.15, 0.2) is 18.2 Å². The van der Waals surface area contributed by atoms with E-state index in [0.29, 0.717) is 12.5 Å². The van der Waals surface area contributed by atoms with Crippen LogP contribution in [0.1, 0.15) is 23.2 Å². The van der Waals surface area contributed by atoms with Gasteiger partial charge in [-0.25, -0.2) is 4.39 Å². The number of halogens is 1. The van der Waals surface area contributed by atoms with Crippen molar-refractivity contribution in [2.24, 2.45) is 11.7 Å². The Morgan fingerprint density at radius 3 is 2.63 bits per heavy atom. The molecular formula is C13H15FN2O3. The van der Waals surface area contributed by atoms with Gasteiger partial charge in [0.1, 0.15) is 12.4 Å². The normalized spacial score (nSPS) is 14.2. The van der Waals surface area contributed by atoms with E-state index in [1.807, 2.05) is 0 Å². The van der Waals surface area contributed by atoms with Crippen LogP contribution in [0.4, 0.5) is 10.1 Å². The molecular weight excluding hydrogens is 251 g/mol. The highest BCUT2D eigenvalue weighted by Crippen LogP contribution is 2.32. The van der Waals surface area contributed by atoms with E-state index < -0.39 is 17.7 Å². The molecule has 0 unspecified atom stereocenters. The van der Waals surface area contributed by atoms with Gasteiger partial charge in [-0.05, 0) is 30.9 Å². The average Bonchev–Trinajstić information content (AvgIpc) is 3.10. The molecule has 0 aromatic heterocycles. The van der Waals surface area contributed by atoms with E-state index in [2.05, 4.69) is 0 Å². The predicted octanol–water partition coefficient (Wildman–Crippen LogP) is 1.23. The second-order valence-electron chi connectivity index (χ2n) is 4.72. The second-order valence-corrected chi connectivity index (χ2v) is 4.72. The number of carboxylic acid groups (broad SMARTS) is 1. The summed E-state index contributed by atoms with van der Waals surface area (Å²) in [6, 6.07) is 4.10. The fourth-order valence-corrected chi connectivity index (χ4v) is 2.04. The first kappa shape index (κ1) is 13.3. The molecule has 0 heterocycles. The van der Waals surface area contributed by atoms with Crippen molar-refractivity contribution in [3.8, 4) is 0 Å². The topological polar surface area (TPSA) is 83.6 Å². The Balaban J connectivity index is 2.36. The number of carboxylic acids is 1. The second kappa shape index (κ2) is 5.26. The highest BCUT2D eigenvalue weighted by molar-refractivity contribution is 5.99. The standard InChI is InChI=1S/C13H15FN2O3/c14-9-2-1-3-10(12(9)13(15)19)16(7-11(17)18)6-8-4-5-8/h1-3,8H,4-7H2,(H2,15,19)(H,17,18). The molecule has 1 amide bonds. The van der Waals surface area contributed by atoms with Gasteiger partial charge in [0.15, 0.2) is 0 Å². The van der Waals surface area contributed by atoms with Crippen LogP contribution >= 0.6 is 0 Å². The average molecular weight is 266 g/mol. The van der Waals surface area contributed by atoms with Crippen LogP contribution in [0, 0.1) is 11.7 Å². The number of primary amides is 1. The molecule has 1 aromatic carbocycles. The quantitative estimate of drug-likeness (QED) is 0.811. The summed E-state index contributed by atoms with van der Waals surface area (Å²) < 4.78 is 13.7. The summed E-state index contributed by atoms with van der Waals surface area (Å²) in [4.78, 5) is 23.7. The lowest BCUT2D eigenvalue weighted by atomic mass is 10.1. The molecule has 1 aliphatic carbocycles. The summed E-state index contributed by atoms with van der Waals surface area (Å²) in [6.07, 6.45) is 2.05. The maximum absolute atomic E-state index is 13.7. The lowest BCUT2D eigenvalue weighted by Gasteiger charge is -2.24. The van der Waals surface area contributed by atoms with Gasteiger partial charge in [0, 0.05) is 6.54 Å². The summed E-state index contributed by atoms with van der Waals surface area (Å²) in [5.41, 5.74) is 5.18. The summed E-state index contributed by atoms with van der Waals surface area (Å²) in [7, 11) is 0. The fourth-order valence-electron chi connectivity index (χ4n) is 2.04. The number of benzene rings is 1. The van der Waals surface area contributed by atoms with Crippen molar-refractivity contribution in [2.45, 2.75) is 12.8 Å². The van der Waals surface area contributed by atoms with E-state index in [1.165, 1.54) is 17.0 Å². The lowest BCUT2D eigenvalue weighted by molar-refractivity contribution is -0.135. The van der Waals surface area contributed by atoms with Crippen LogP contribution in [0.2, 0.25) is 0 Å². The Labute approximate surface area is 109 Å². The minimum Gasteiger partial charge on any atom is -0.480 e. The highest BCUT2D eigenvalue weighted by atomic mass is 19.1. The van der Waals surface area contributed by atoms with Crippen molar-refractivity contribution in [3.63, 3.8) is 0 Å². The fraction of sp³-hybridized carbons (Fsp3) is 0.385. The van der Waals surface area contributed by atoms with Crippen molar-refractivity contribution in [1.29, 1.82) is 0 Å². The third-order valence-electron chi connectivity index (χ3n) is 3.08. The van der Waals surface area contributed by atoms with Gasteiger partial charge < -0.3 is 15.7 Å². The number of amides is 1. The van der Waals surface area contributed by atoms with Gasteiger partial charge in [-0.15, -0.1) is 0 Å². The molecule has 0 atom stereocenters. The maximum atomic E-state index is 13.7. The van der Waals surface area contributed by atoms with Gasteiger partial charge >= 0.3 is 5.97 Å². The van der Waals surface area contributed by atoms with E-state index in [4.69, 9.17) is 10.8 Å². The van der Waals surface area contributed by atoms with Crippen molar-refractivity contribution in [1.82, 2.24) is 0 Å². The van der Waals surface area contributed by atoms with Crippen LogP contribution in [-0.2, 0) is 4.79 Å². The minimum atomic E-state index is -1.03. The maximum Gasteiger partial charge on any atom is 0.323 e. The van der Waals surface area contributed by atoms with Gasteiger partial charge in [-0.2, -0.15) is 0 Å². The van der Waals surface area contributed by atoms with Crippen LogP contribution in [0.5, 0.6) is 0 Å². The Morgan fingerprint density at radius 1 is 1.42 bits per heavy atom. The van der Waals surface area contributed by atoms with Gasteiger partial charge in [0.2, 0.25) is 0 Å². The zero-order valence-corrected chi connectivity index (χ0v) is 10.3. The zero-order chi connectivity index (χ0) is 14.0. The number of anilines is 1. The smallest absolute Gasteiger partial charge is 0.323 e. The van der Waals surface area contributed by atoms with Crippen molar-refractivity contribution < 1.29 is 19.1 Å². The molecule has 5 nitrogen and oxygen atoms in total. The van der Waals surface area contributed by atoms with Gasteiger partial charge in [0.05, 0.1) is 11.3 Å². The number of aliphatic carboxylic acids is 1. The van der Waals surface area contributed by atoms with Crippen molar-refractivity contribution >= 4 is 17.6 Å². The van der Waals surface area contributed by atoms with Crippen LogP contribution in [0.25, 0.3) is 0 Å². The molecule has 1 fully saturated rings. The molecule has 6 heteroatoms. The third-order valence-corrected chi connectivity index (χ3v) is 3.08. The number of nitrogens with two attached hydrogens (primary N) is 1. The first-order valence-corrected chi connectivity index (χ1v) is 6.04. The number of rotatable bonds is 6. The zero-order valence-electron chi connectivity index (χ0n) is 10.3. The van der Waals surface area contributed by atoms with Crippen molar-refractivity contribution in [2.75, 3.05) is 18.0 Å². The molecule has 0 radical (unpaired) electrons. The first-order valence-electron chi connectivity index (χ1n) is 6.04. The molecule has 0 spiro atoms. The van der Waals surface area contributed by atoms with E-state index in [0.717, 1.165) is 18.9 Å². The van der Waals surface area contributed by atoms with Crippen LogP contribution in [-0.4, -0.2) is 30.1 Å². The summed E-state index contributed by atoms with van der Waals surface area (Å²) in [5, 5.41) is 8.93. The summed E-state index contributed by atoms with van der Waals surface area (Å²) in [6.45, 7) is 0.219. The molecule has 1 aliphatic rings. The van der Waals surface area contributed by atoms with Gasteiger partial charge in [-0.1, -0.05) is 6.07 Å². The largest absolute Gasteiger partial charge is 0.480 e. The molecule has 1 aromatic rings. The minimum absolute atomic E-state index is 0.246. The summed E-state index contributed by atoms with van der Waals surface area (Å²) in [5.74, 6) is -2.24. The predicted molar refractivity (Wildman–Crippen MR) is 67.5 cm³/mol. The number of nitrogens with zero attached hydrogens (tertiary/aromatic N) is 1. The molecule has 19 heavy (non-hydrogen) atoms. The molecule has 0 aliphatic heterocycles. The molecule has 2 rings (SSSR count). The Kier molecular flexibility index (Phi) is 3.69. The van der Waals surface area contributed by atoms with Gasteiger partial charge in [0.25, 0.3) is 5.91 Å². The number of carbonyl (C=O) groups excluding carboxylic acids is 1. The van der Waals surface area contributed by atoms with E-state index >= 15 is 0 Å². The van der Waals surface area contributed by atoms with Crippen molar-refractivity contribution in [3.05, 3.63) is 29.6 Å². The summed E-state index contributed by atoms with van der Waals surface area (Å²) >= 11 is 0. The van der Waals surface area contributed by atoms with E-state index in [9.17, 15) is 14.0 Å². The number of hydrogen-bond donors (Lipinski definition) is 2. The molecule has 0 saturated heterocycles. The van der Waals surface area contributed by atoms with E-state index in [1.54, 1.807) is 0 Å². The Hall–Kier alpha value is -2.11. The number of carbonyl (C=O) groups is 2. The monoisotopic (exact) mass is 266 g/mol. The molecule has 3 N–H and O–H groups in total. The Morgan fingerprint density at radius 2 is 2.11 bits per heavy atom.